The van der Waals surface area contributed by atoms with E-state index in [2.05, 4.69) is 37.6 Å². The molecule has 138 valence electrons. The third-order valence-corrected chi connectivity index (χ3v) is 4.94. The number of rotatable bonds is 6. The van der Waals surface area contributed by atoms with Crippen molar-refractivity contribution in [2.45, 2.75) is 25.8 Å². The molecule has 2 heterocycles. The normalized spacial score (nSPS) is 14.5. The van der Waals surface area contributed by atoms with Gasteiger partial charge in [-0.15, -0.1) is 0 Å². The number of hydrogen-bond acceptors (Lipinski definition) is 3. The molecule has 1 fully saturated rings. The first-order chi connectivity index (χ1) is 12.8. The van der Waals surface area contributed by atoms with E-state index < -0.39 is 0 Å². The first kappa shape index (κ1) is 18.5. The predicted octanol–water partition coefficient (Wildman–Crippen LogP) is 3.24. The molecule has 1 saturated heterocycles. The van der Waals surface area contributed by atoms with Crippen molar-refractivity contribution >= 4 is 23.4 Å². The molecule has 0 spiro atoms. The SMILES string of the molecule is CN=C(NCCc1ccccc1Cl)NCc1ccc(N2CCCC2)nc1. The van der Waals surface area contributed by atoms with Gasteiger partial charge in [-0.25, -0.2) is 4.98 Å². The first-order valence-electron chi connectivity index (χ1n) is 9.14. The van der Waals surface area contributed by atoms with Crippen molar-refractivity contribution in [3.8, 4) is 0 Å². The van der Waals surface area contributed by atoms with Crippen LogP contribution in [0.4, 0.5) is 5.82 Å². The van der Waals surface area contributed by atoms with E-state index in [-0.39, 0.29) is 0 Å². The number of guanidine groups is 1. The lowest BCUT2D eigenvalue weighted by atomic mass is 10.1. The molecule has 1 aromatic carbocycles. The maximum absolute atomic E-state index is 6.19. The summed E-state index contributed by atoms with van der Waals surface area (Å²) < 4.78 is 0. The molecule has 2 N–H and O–H groups in total. The van der Waals surface area contributed by atoms with E-state index in [1.165, 1.54) is 12.8 Å². The number of benzene rings is 1. The Bertz CT molecular complexity index is 723. The molecule has 0 amide bonds. The molecular formula is C20H26ClN5. The molecule has 0 radical (unpaired) electrons. The summed E-state index contributed by atoms with van der Waals surface area (Å²) >= 11 is 6.19. The smallest absolute Gasteiger partial charge is 0.191 e. The van der Waals surface area contributed by atoms with Crippen molar-refractivity contribution in [1.82, 2.24) is 15.6 Å². The quantitative estimate of drug-likeness (QED) is 0.604. The minimum atomic E-state index is 0.693. The van der Waals surface area contributed by atoms with Crippen LogP contribution in [0.1, 0.15) is 24.0 Å². The van der Waals surface area contributed by atoms with Crippen LogP contribution in [-0.2, 0) is 13.0 Å². The summed E-state index contributed by atoms with van der Waals surface area (Å²) in [5, 5.41) is 7.46. The third-order valence-electron chi connectivity index (χ3n) is 4.57. The number of halogens is 1. The highest BCUT2D eigenvalue weighted by atomic mass is 35.5. The van der Waals surface area contributed by atoms with Gasteiger partial charge in [0, 0.05) is 44.4 Å². The summed E-state index contributed by atoms with van der Waals surface area (Å²) in [7, 11) is 1.78. The van der Waals surface area contributed by atoms with Gasteiger partial charge in [-0.3, -0.25) is 4.99 Å². The van der Waals surface area contributed by atoms with Crippen molar-refractivity contribution in [3.05, 3.63) is 58.7 Å². The van der Waals surface area contributed by atoms with Gasteiger partial charge in [0.2, 0.25) is 0 Å². The molecule has 3 rings (SSSR count). The van der Waals surface area contributed by atoms with Gasteiger partial charge in [-0.2, -0.15) is 0 Å². The molecule has 6 heteroatoms. The van der Waals surface area contributed by atoms with E-state index in [1.807, 2.05) is 30.5 Å². The van der Waals surface area contributed by atoms with E-state index in [0.29, 0.717) is 6.54 Å². The summed E-state index contributed by atoms with van der Waals surface area (Å²) in [6.45, 7) is 3.70. The van der Waals surface area contributed by atoms with E-state index in [9.17, 15) is 0 Å². The Labute approximate surface area is 160 Å². The lowest BCUT2D eigenvalue weighted by molar-refractivity contribution is 0.792. The molecule has 0 saturated carbocycles. The van der Waals surface area contributed by atoms with Crippen LogP contribution in [0, 0.1) is 0 Å². The topological polar surface area (TPSA) is 52.6 Å². The molecule has 0 aliphatic carbocycles. The fourth-order valence-corrected chi connectivity index (χ4v) is 3.31. The summed E-state index contributed by atoms with van der Waals surface area (Å²) in [5.74, 6) is 1.86. The molecule has 0 atom stereocenters. The molecule has 26 heavy (non-hydrogen) atoms. The van der Waals surface area contributed by atoms with Crippen molar-refractivity contribution < 1.29 is 0 Å². The summed E-state index contributed by atoms with van der Waals surface area (Å²) in [5.41, 5.74) is 2.28. The average molecular weight is 372 g/mol. The van der Waals surface area contributed by atoms with Gasteiger partial charge < -0.3 is 15.5 Å². The molecule has 1 aromatic heterocycles. The van der Waals surface area contributed by atoms with Gasteiger partial charge in [0.1, 0.15) is 5.82 Å². The molecule has 1 aliphatic rings. The average Bonchev–Trinajstić information content (AvgIpc) is 3.21. The minimum Gasteiger partial charge on any atom is -0.357 e. The van der Waals surface area contributed by atoms with Crippen LogP contribution >= 0.6 is 11.6 Å². The Morgan fingerprint density at radius 1 is 1.15 bits per heavy atom. The first-order valence-corrected chi connectivity index (χ1v) is 9.52. The maximum Gasteiger partial charge on any atom is 0.191 e. The highest BCUT2D eigenvalue weighted by Gasteiger charge is 2.12. The van der Waals surface area contributed by atoms with E-state index in [0.717, 1.165) is 54.0 Å². The minimum absolute atomic E-state index is 0.693. The second-order valence-corrected chi connectivity index (χ2v) is 6.82. The van der Waals surface area contributed by atoms with Crippen LogP contribution < -0.4 is 15.5 Å². The molecule has 0 bridgehead atoms. The van der Waals surface area contributed by atoms with E-state index in [4.69, 9.17) is 11.6 Å². The fraction of sp³-hybridized carbons (Fsp3) is 0.400. The van der Waals surface area contributed by atoms with Gasteiger partial charge in [0.05, 0.1) is 0 Å². The van der Waals surface area contributed by atoms with Gasteiger partial charge in [-0.1, -0.05) is 35.9 Å². The van der Waals surface area contributed by atoms with Crippen molar-refractivity contribution in [1.29, 1.82) is 0 Å². The van der Waals surface area contributed by atoms with E-state index in [1.54, 1.807) is 7.05 Å². The highest BCUT2D eigenvalue weighted by Crippen LogP contribution is 2.17. The molecule has 2 aromatic rings. The maximum atomic E-state index is 6.19. The summed E-state index contributed by atoms with van der Waals surface area (Å²) in [4.78, 5) is 11.2. The number of aliphatic imine (C=N–C) groups is 1. The van der Waals surface area contributed by atoms with Crippen LogP contribution in [0.3, 0.4) is 0 Å². The second kappa shape index (κ2) is 9.43. The second-order valence-electron chi connectivity index (χ2n) is 6.41. The van der Waals surface area contributed by atoms with Gasteiger partial charge in [0.15, 0.2) is 5.96 Å². The Morgan fingerprint density at radius 2 is 1.96 bits per heavy atom. The number of aromatic nitrogens is 1. The van der Waals surface area contributed by atoms with E-state index >= 15 is 0 Å². The lowest BCUT2D eigenvalue weighted by Crippen LogP contribution is -2.37. The number of hydrogen-bond donors (Lipinski definition) is 2. The zero-order chi connectivity index (χ0) is 18.2. The Balaban J connectivity index is 1.44. The highest BCUT2D eigenvalue weighted by molar-refractivity contribution is 6.31. The molecule has 1 aliphatic heterocycles. The van der Waals surface area contributed by atoms with Crippen molar-refractivity contribution in [2.75, 3.05) is 31.6 Å². The van der Waals surface area contributed by atoms with Crippen LogP contribution in [0.5, 0.6) is 0 Å². The van der Waals surface area contributed by atoms with Gasteiger partial charge >= 0.3 is 0 Å². The summed E-state index contributed by atoms with van der Waals surface area (Å²) in [6, 6.07) is 12.2. The number of pyridine rings is 1. The molecular weight excluding hydrogens is 346 g/mol. The van der Waals surface area contributed by atoms with Crippen molar-refractivity contribution in [3.63, 3.8) is 0 Å². The zero-order valence-corrected chi connectivity index (χ0v) is 16.0. The van der Waals surface area contributed by atoms with Gasteiger partial charge in [0.25, 0.3) is 0 Å². The largest absolute Gasteiger partial charge is 0.357 e. The Morgan fingerprint density at radius 3 is 2.65 bits per heavy atom. The van der Waals surface area contributed by atoms with Crippen LogP contribution in [0.25, 0.3) is 0 Å². The number of nitrogens with zero attached hydrogens (tertiary/aromatic N) is 3. The lowest BCUT2D eigenvalue weighted by Gasteiger charge is -2.16. The van der Waals surface area contributed by atoms with Crippen LogP contribution in [-0.4, -0.2) is 37.6 Å². The van der Waals surface area contributed by atoms with Crippen LogP contribution in [0.2, 0.25) is 5.02 Å². The van der Waals surface area contributed by atoms with Gasteiger partial charge in [-0.05, 0) is 42.5 Å². The molecule has 5 nitrogen and oxygen atoms in total. The van der Waals surface area contributed by atoms with Crippen molar-refractivity contribution in [2.24, 2.45) is 4.99 Å². The number of nitrogens with one attached hydrogen (secondary N) is 2. The standard InChI is InChI=1S/C20H26ClN5/c1-22-20(23-11-10-17-6-2-3-7-18(17)21)25-15-16-8-9-19(24-14-16)26-12-4-5-13-26/h2-3,6-9,14H,4-5,10-13,15H2,1H3,(H2,22,23,25). The Kier molecular flexibility index (Phi) is 6.72. The summed E-state index contributed by atoms with van der Waals surface area (Å²) in [6.07, 6.45) is 5.33. The van der Waals surface area contributed by atoms with Crippen LogP contribution in [0.15, 0.2) is 47.6 Å². The third kappa shape index (κ3) is 5.11. The number of anilines is 1. The zero-order valence-electron chi connectivity index (χ0n) is 15.2. The molecule has 0 unspecified atom stereocenters. The fourth-order valence-electron chi connectivity index (χ4n) is 3.08. The monoisotopic (exact) mass is 371 g/mol. The predicted molar refractivity (Wildman–Crippen MR) is 109 cm³/mol. The Hall–Kier alpha value is -2.27.